The van der Waals surface area contributed by atoms with E-state index in [9.17, 15) is 14.4 Å². The summed E-state index contributed by atoms with van der Waals surface area (Å²) in [7, 11) is 0. The number of carbonyl (C=O) groups excluding carboxylic acids is 3. The fourth-order valence-corrected chi connectivity index (χ4v) is 5.85. The van der Waals surface area contributed by atoms with Crippen molar-refractivity contribution in [3.05, 3.63) is 47.7 Å². The Kier molecular flexibility index (Phi) is 7.09. The number of ether oxygens (including phenoxy) is 1. The van der Waals surface area contributed by atoms with E-state index in [1.807, 2.05) is 23.1 Å². The van der Waals surface area contributed by atoms with Crippen molar-refractivity contribution in [2.45, 2.75) is 62.6 Å². The summed E-state index contributed by atoms with van der Waals surface area (Å²) in [6, 6.07) is 9.27. The van der Waals surface area contributed by atoms with Crippen molar-refractivity contribution in [1.29, 1.82) is 0 Å². The molecule has 0 bridgehead atoms. The van der Waals surface area contributed by atoms with Crippen LogP contribution in [0.4, 0.5) is 4.79 Å². The van der Waals surface area contributed by atoms with E-state index in [4.69, 9.17) is 14.4 Å². The average molecular weight is 497 g/mol. The fourth-order valence-electron chi connectivity index (χ4n) is 5.85. The first-order chi connectivity index (χ1) is 17.6. The van der Waals surface area contributed by atoms with E-state index in [0.29, 0.717) is 51.2 Å². The van der Waals surface area contributed by atoms with Gasteiger partial charge in [0.05, 0.1) is 18.7 Å². The number of likely N-dealkylation sites (tertiary alicyclic amines) is 1. The van der Waals surface area contributed by atoms with Crippen LogP contribution in [-0.4, -0.2) is 72.0 Å². The maximum Gasteiger partial charge on any atom is 0.527 e. The molecule has 0 radical (unpaired) electrons. The van der Waals surface area contributed by atoms with Crippen LogP contribution in [-0.2, 0) is 24.0 Å². The Morgan fingerprint density at radius 3 is 2.72 bits per heavy atom. The molecule has 4 aliphatic rings. The van der Waals surface area contributed by atoms with E-state index in [2.05, 4.69) is 22.6 Å². The summed E-state index contributed by atoms with van der Waals surface area (Å²) < 4.78 is 4.98. The molecule has 4 unspecified atom stereocenters. The van der Waals surface area contributed by atoms with Crippen LogP contribution in [0.5, 0.6) is 0 Å². The molecule has 1 aromatic carbocycles. The van der Waals surface area contributed by atoms with Crippen LogP contribution in [0.15, 0.2) is 47.1 Å². The van der Waals surface area contributed by atoms with Gasteiger partial charge in [-0.1, -0.05) is 30.3 Å². The summed E-state index contributed by atoms with van der Waals surface area (Å²) in [6.07, 6.45) is 6.07. The van der Waals surface area contributed by atoms with E-state index < -0.39 is 23.8 Å². The number of carbonyl (C=O) groups is 2. The summed E-state index contributed by atoms with van der Waals surface area (Å²) in [5, 5.41) is 1.54. The minimum Gasteiger partial charge on any atom is -0.433 e. The van der Waals surface area contributed by atoms with Crippen LogP contribution in [0.2, 0.25) is 0 Å². The Labute approximate surface area is 210 Å². The quantitative estimate of drug-likeness (QED) is 0.364. The lowest BCUT2D eigenvalue weighted by molar-refractivity contribution is -0.170. The number of nitrogens with one attached hydrogen (secondary N) is 1. The van der Waals surface area contributed by atoms with Gasteiger partial charge in [0.2, 0.25) is 12.0 Å². The lowest BCUT2D eigenvalue weighted by Crippen LogP contribution is -2.56. The zero-order chi connectivity index (χ0) is 25.1. The SMILES string of the molecule is CCOC(=O)ON1CCCC(N=C=O)C1C1=CNOC12CCN(C(=O)C1CC1c1ccccc1)CC2. The fraction of sp³-hybridized carbons (Fsp3) is 0.577. The summed E-state index contributed by atoms with van der Waals surface area (Å²) in [5.74, 6) is 0.535. The number of hydrogen-bond acceptors (Lipinski definition) is 9. The van der Waals surface area contributed by atoms with Crippen LogP contribution in [0.1, 0.15) is 50.5 Å². The van der Waals surface area contributed by atoms with E-state index in [1.165, 1.54) is 5.56 Å². The number of amides is 1. The van der Waals surface area contributed by atoms with Gasteiger partial charge in [0.1, 0.15) is 5.60 Å². The number of hydrogen-bond donors (Lipinski definition) is 1. The van der Waals surface area contributed by atoms with E-state index >= 15 is 0 Å². The number of nitrogens with zero attached hydrogens (tertiary/aromatic N) is 3. The molecule has 10 heteroatoms. The van der Waals surface area contributed by atoms with Gasteiger partial charge in [-0.25, -0.2) is 14.6 Å². The number of benzene rings is 1. The summed E-state index contributed by atoms with van der Waals surface area (Å²) in [4.78, 5) is 54.1. The number of isocyanates is 1. The van der Waals surface area contributed by atoms with Crippen LogP contribution in [0.3, 0.4) is 0 Å². The van der Waals surface area contributed by atoms with Crippen molar-refractivity contribution >= 4 is 18.1 Å². The molecule has 1 aliphatic carbocycles. The van der Waals surface area contributed by atoms with Crippen LogP contribution < -0.4 is 5.48 Å². The van der Waals surface area contributed by atoms with Gasteiger partial charge in [0.15, 0.2) is 0 Å². The first-order valence-corrected chi connectivity index (χ1v) is 12.7. The molecule has 192 valence electrons. The highest BCUT2D eigenvalue weighted by molar-refractivity contribution is 5.83. The molecule has 1 saturated carbocycles. The van der Waals surface area contributed by atoms with Crippen molar-refractivity contribution in [1.82, 2.24) is 15.4 Å². The van der Waals surface area contributed by atoms with Gasteiger partial charge in [-0.15, -0.1) is 5.06 Å². The normalized spacial score (nSPS) is 29.0. The standard InChI is InChI=1S/C26H32N4O6/c1-2-34-25(33)35-30-12-6-9-22(27-17-31)23(30)21-16-28-36-26(21)10-13-29(14-11-26)24(32)20-15-19(20)18-7-4-3-5-8-18/h3-5,7-8,16,19-20,22-23,28H,2,6,9-15H2,1H3. The zero-order valence-corrected chi connectivity index (χ0v) is 20.4. The lowest BCUT2D eigenvalue weighted by atomic mass is 9.77. The maximum absolute atomic E-state index is 13.2. The molecule has 1 amide bonds. The predicted octanol–water partition coefficient (Wildman–Crippen LogP) is 2.83. The Bertz CT molecular complexity index is 1050. The molecule has 36 heavy (non-hydrogen) atoms. The number of hydroxylamine groups is 3. The molecule has 5 rings (SSSR count). The third kappa shape index (κ3) is 4.76. The Morgan fingerprint density at radius 2 is 2.00 bits per heavy atom. The molecular formula is C26H32N4O6. The van der Waals surface area contributed by atoms with Gasteiger partial charge in [0, 0.05) is 50.2 Å². The van der Waals surface area contributed by atoms with Crippen molar-refractivity contribution < 1.29 is 28.8 Å². The van der Waals surface area contributed by atoms with Crippen molar-refractivity contribution in [2.75, 3.05) is 26.2 Å². The van der Waals surface area contributed by atoms with E-state index in [0.717, 1.165) is 12.0 Å². The van der Waals surface area contributed by atoms with Gasteiger partial charge < -0.3 is 14.5 Å². The second-order valence-corrected chi connectivity index (χ2v) is 9.79. The number of piperidine rings is 2. The Morgan fingerprint density at radius 1 is 1.22 bits per heavy atom. The molecule has 3 aliphatic heterocycles. The second kappa shape index (κ2) is 10.4. The average Bonchev–Trinajstić information content (AvgIpc) is 3.60. The number of aliphatic imine (C=N–C) groups is 1. The highest BCUT2D eigenvalue weighted by atomic mass is 16.8. The van der Waals surface area contributed by atoms with Crippen molar-refractivity contribution in [3.8, 4) is 0 Å². The molecule has 1 N–H and O–H groups in total. The Hall–Kier alpha value is -3.20. The molecule has 1 spiro atoms. The molecule has 3 fully saturated rings. The highest BCUT2D eigenvalue weighted by Crippen LogP contribution is 2.49. The van der Waals surface area contributed by atoms with Gasteiger partial charge in [0.25, 0.3) is 0 Å². The smallest absolute Gasteiger partial charge is 0.433 e. The van der Waals surface area contributed by atoms with Gasteiger partial charge >= 0.3 is 6.16 Å². The molecule has 1 aromatic rings. The zero-order valence-electron chi connectivity index (χ0n) is 20.4. The summed E-state index contributed by atoms with van der Waals surface area (Å²) >= 11 is 0. The van der Waals surface area contributed by atoms with Gasteiger partial charge in [-0.3, -0.25) is 15.1 Å². The first-order valence-electron chi connectivity index (χ1n) is 12.7. The first kappa shape index (κ1) is 24.5. The molecule has 2 saturated heterocycles. The monoisotopic (exact) mass is 496 g/mol. The molecule has 4 atom stereocenters. The van der Waals surface area contributed by atoms with Gasteiger partial charge in [-0.2, -0.15) is 0 Å². The molecule has 0 aromatic heterocycles. The minimum absolute atomic E-state index is 0.0391. The highest BCUT2D eigenvalue weighted by Gasteiger charge is 2.53. The number of rotatable bonds is 6. The summed E-state index contributed by atoms with van der Waals surface area (Å²) in [6.45, 7) is 3.50. The predicted molar refractivity (Wildman–Crippen MR) is 128 cm³/mol. The molecule has 3 heterocycles. The largest absolute Gasteiger partial charge is 0.527 e. The third-order valence-electron chi connectivity index (χ3n) is 7.76. The molecular weight excluding hydrogens is 464 g/mol. The van der Waals surface area contributed by atoms with Crippen LogP contribution in [0, 0.1) is 5.92 Å². The Balaban J connectivity index is 1.28. The van der Waals surface area contributed by atoms with Crippen molar-refractivity contribution in [2.24, 2.45) is 10.9 Å². The maximum atomic E-state index is 13.2. The lowest BCUT2D eigenvalue weighted by Gasteiger charge is -2.45. The third-order valence-corrected chi connectivity index (χ3v) is 7.76. The van der Waals surface area contributed by atoms with Crippen molar-refractivity contribution in [3.63, 3.8) is 0 Å². The van der Waals surface area contributed by atoms with Gasteiger partial charge in [-0.05, 0) is 37.7 Å². The topological polar surface area (TPSA) is 110 Å². The van der Waals surface area contributed by atoms with E-state index in [-0.39, 0.29) is 18.4 Å². The minimum atomic E-state index is -0.794. The second-order valence-electron chi connectivity index (χ2n) is 9.79. The van der Waals surface area contributed by atoms with Crippen LogP contribution in [0.25, 0.3) is 0 Å². The van der Waals surface area contributed by atoms with Crippen LogP contribution >= 0.6 is 0 Å². The molecule has 10 nitrogen and oxygen atoms in total. The van der Waals surface area contributed by atoms with E-state index in [1.54, 1.807) is 24.3 Å². The summed E-state index contributed by atoms with van der Waals surface area (Å²) in [5.41, 5.74) is 4.29.